The van der Waals surface area contributed by atoms with Crippen molar-refractivity contribution in [1.82, 2.24) is 15.1 Å². The maximum Gasteiger partial charge on any atom is 0.243 e. The van der Waals surface area contributed by atoms with Crippen LogP contribution < -0.4 is 10.6 Å². The van der Waals surface area contributed by atoms with Crippen molar-refractivity contribution in [1.29, 1.82) is 0 Å². The molecule has 2 N–H and O–H groups in total. The predicted molar refractivity (Wildman–Crippen MR) is 72.6 cm³/mol. The van der Waals surface area contributed by atoms with Gasteiger partial charge in [0, 0.05) is 25.4 Å². The van der Waals surface area contributed by atoms with Crippen LogP contribution in [0.4, 0.5) is 5.69 Å². The minimum atomic E-state index is -0.180. The zero-order valence-corrected chi connectivity index (χ0v) is 10.8. The first-order valence-corrected chi connectivity index (χ1v) is 6.33. The van der Waals surface area contributed by atoms with Gasteiger partial charge in [-0.3, -0.25) is 9.48 Å². The normalized spacial score (nSPS) is 16.8. The summed E-state index contributed by atoms with van der Waals surface area (Å²) >= 11 is 0. The molecule has 1 aliphatic heterocycles. The highest BCUT2D eigenvalue weighted by Gasteiger charge is 2.25. The second-order valence-electron chi connectivity index (χ2n) is 4.76. The van der Waals surface area contributed by atoms with Crippen molar-refractivity contribution in [3.05, 3.63) is 47.8 Å². The molecule has 98 valence electrons. The van der Waals surface area contributed by atoms with E-state index in [2.05, 4.69) is 15.7 Å². The third-order valence-electron chi connectivity index (χ3n) is 3.30. The van der Waals surface area contributed by atoms with Crippen LogP contribution in [0.5, 0.6) is 0 Å². The number of benzene rings is 1. The highest BCUT2D eigenvalue weighted by Crippen LogP contribution is 2.25. The van der Waals surface area contributed by atoms with Crippen LogP contribution in [-0.2, 0) is 24.8 Å². The molecule has 19 heavy (non-hydrogen) atoms. The Morgan fingerprint density at radius 3 is 3.05 bits per heavy atom. The van der Waals surface area contributed by atoms with E-state index >= 15 is 0 Å². The highest BCUT2D eigenvalue weighted by atomic mass is 16.2. The topological polar surface area (TPSA) is 59.0 Å². The molecule has 5 heteroatoms. The summed E-state index contributed by atoms with van der Waals surface area (Å²) in [6.07, 6.45) is 2.61. The first-order valence-electron chi connectivity index (χ1n) is 6.33. The van der Waals surface area contributed by atoms with E-state index in [1.807, 2.05) is 43.6 Å². The van der Waals surface area contributed by atoms with Crippen molar-refractivity contribution in [3.63, 3.8) is 0 Å². The van der Waals surface area contributed by atoms with Crippen molar-refractivity contribution in [2.75, 3.05) is 5.32 Å². The van der Waals surface area contributed by atoms with Crippen molar-refractivity contribution in [2.45, 2.75) is 19.0 Å². The largest absolute Gasteiger partial charge is 0.373 e. The zero-order chi connectivity index (χ0) is 13.2. The number of carbonyl (C=O) groups excluding carboxylic acids is 1. The molecule has 0 saturated heterocycles. The van der Waals surface area contributed by atoms with Gasteiger partial charge < -0.3 is 10.6 Å². The van der Waals surface area contributed by atoms with Gasteiger partial charge in [-0.2, -0.15) is 5.10 Å². The van der Waals surface area contributed by atoms with Gasteiger partial charge in [0.25, 0.3) is 0 Å². The Bertz CT molecular complexity index is 580. The Hall–Kier alpha value is -2.30. The van der Waals surface area contributed by atoms with Gasteiger partial charge in [-0.15, -0.1) is 0 Å². The third-order valence-corrected chi connectivity index (χ3v) is 3.30. The number of aryl methyl sites for hydroxylation is 1. The minimum Gasteiger partial charge on any atom is -0.373 e. The molecule has 1 aromatic carbocycles. The first-order chi connectivity index (χ1) is 9.22. The van der Waals surface area contributed by atoms with Crippen molar-refractivity contribution < 1.29 is 4.79 Å². The summed E-state index contributed by atoms with van der Waals surface area (Å²) in [6.45, 7) is 0.466. The Labute approximate surface area is 111 Å². The highest BCUT2D eigenvalue weighted by molar-refractivity contribution is 5.87. The standard InChI is InChI=1S/C14H16N4O/c1-18-7-6-11(17-18)9-15-14(19)13-8-10-4-2-3-5-12(10)16-13/h2-7,13,16H,8-9H2,1H3,(H,15,19)/t13-/m0/s1. The van der Waals surface area contributed by atoms with Crippen LogP contribution in [0.1, 0.15) is 11.3 Å². The fourth-order valence-electron chi connectivity index (χ4n) is 2.31. The number of hydrogen-bond donors (Lipinski definition) is 2. The van der Waals surface area contributed by atoms with E-state index in [-0.39, 0.29) is 11.9 Å². The Balaban J connectivity index is 1.58. The summed E-state index contributed by atoms with van der Waals surface area (Å²) in [4.78, 5) is 12.1. The summed E-state index contributed by atoms with van der Waals surface area (Å²) in [5, 5.41) is 10.4. The number of anilines is 1. The van der Waals surface area contributed by atoms with E-state index in [4.69, 9.17) is 0 Å². The average Bonchev–Trinajstić information content (AvgIpc) is 3.01. The fraction of sp³-hybridized carbons (Fsp3) is 0.286. The molecule has 2 heterocycles. The number of hydrogen-bond acceptors (Lipinski definition) is 3. The summed E-state index contributed by atoms with van der Waals surface area (Å²) in [6, 6.07) is 9.74. The third kappa shape index (κ3) is 2.45. The van der Waals surface area contributed by atoms with Gasteiger partial charge in [0.1, 0.15) is 6.04 Å². The lowest BCUT2D eigenvalue weighted by Crippen LogP contribution is -2.38. The van der Waals surface area contributed by atoms with Gasteiger partial charge in [-0.05, 0) is 17.7 Å². The molecule has 1 atom stereocenters. The number of nitrogens with one attached hydrogen (secondary N) is 2. The van der Waals surface area contributed by atoms with Crippen molar-refractivity contribution in [2.24, 2.45) is 7.05 Å². The van der Waals surface area contributed by atoms with Crippen LogP contribution in [-0.4, -0.2) is 21.7 Å². The molecular formula is C14H16N4O. The van der Waals surface area contributed by atoms with Crippen LogP contribution in [0.15, 0.2) is 36.5 Å². The summed E-state index contributed by atoms with van der Waals surface area (Å²) < 4.78 is 1.73. The van der Waals surface area contributed by atoms with Crippen molar-refractivity contribution in [3.8, 4) is 0 Å². The van der Waals surface area contributed by atoms with Crippen molar-refractivity contribution >= 4 is 11.6 Å². The molecule has 2 aromatic rings. The van der Waals surface area contributed by atoms with E-state index < -0.39 is 0 Å². The monoisotopic (exact) mass is 256 g/mol. The lowest BCUT2D eigenvalue weighted by atomic mass is 10.1. The number of carbonyl (C=O) groups is 1. The minimum absolute atomic E-state index is 0.0156. The first kappa shape index (κ1) is 11.8. The average molecular weight is 256 g/mol. The van der Waals surface area contributed by atoms with E-state index in [9.17, 15) is 4.79 Å². The number of para-hydroxylation sites is 1. The molecule has 0 saturated carbocycles. The van der Waals surface area contributed by atoms with Gasteiger partial charge in [0.05, 0.1) is 12.2 Å². The molecule has 1 aromatic heterocycles. The van der Waals surface area contributed by atoms with Crippen LogP contribution in [0.3, 0.4) is 0 Å². The fourth-order valence-corrected chi connectivity index (χ4v) is 2.31. The summed E-state index contributed by atoms with van der Waals surface area (Å²) in [5.41, 5.74) is 3.12. The molecule has 0 fully saturated rings. The molecule has 0 radical (unpaired) electrons. The molecular weight excluding hydrogens is 240 g/mol. The predicted octanol–water partition coefficient (Wildman–Crippen LogP) is 1.07. The molecule has 0 bridgehead atoms. The lowest BCUT2D eigenvalue weighted by molar-refractivity contribution is -0.121. The van der Waals surface area contributed by atoms with Gasteiger partial charge in [0.2, 0.25) is 5.91 Å². The van der Waals surface area contributed by atoms with Gasteiger partial charge >= 0.3 is 0 Å². The van der Waals surface area contributed by atoms with E-state index in [1.54, 1.807) is 4.68 Å². The van der Waals surface area contributed by atoms with Gasteiger partial charge in [-0.25, -0.2) is 0 Å². The van der Waals surface area contributed by atoms with E-state index in [0.29, 0.717) is 6.54 Å². The van der Waals surface area contributed by atoms with Crippen LogP contribution in [0.2, 0.25) is 0 Å². The number of fused-ring (bicyclic) bond motifs is 1. The van der Waals surface area contributed by atoms with Crippen LogP contribution in [0, 0.1) is 0 Å². The maximum absolute atomic E-state index is 12.1. The Morgan fingerprint density at radius 2 is 2.32 bits per heavy atom. The lowest BCUT2D eigenvalue weighted by Gasteiger charge is -2.11. The second kappa shape index (κ2) is 4.76. The number of nitrogens with zero attached hydrogens (tertiary/aromatic N) is 2. The van der Waals surface area contributed by atoms with E-state index in [0.717, 1.165) is 17.8 Å². The molecule has 1 amide bonds. The van der Waals surface area contributed by atoms with Gasteiger partial charge in [-0.1, -0.05) is 18.2 Å². The molecule has 5 nitrogen and oxygen atoms in total. The van der Waals surface area contributed by atoms with Gasteiger partial charge in [0.15, 0.2) is 0 Å². The number of aromatic nitrogens is 2. The number of amides is 1. The molecule has 1 aliphatic rings. The molecule has 3 rings (SSSR count). The molecule has 0 unspecified atom stereocenters. The smallest absolute Gasteiger partial charge is 0.243 e. The zero-order valence-electron chi connectivity index (χ0n) is 10.8. The van der Waals surface area contributed by atoms with E-state index in [1.165, 1.54) is 5.56 Å². The number of rotatable bonds is 3. The Kier molecular flexibility index (Phi) is 2.95. The summed E-state index contributed by atoms with van der Waals surface area (Å²) in [7, 11) is 1.86. The summed E-state index contributed by atoms with van der Waals surface area (Å²) in [5.74, 6) is 0.0156. The van der Waals surface area contributed by atoms with Crippen LogP contribution in [0.25, 0.3) is 0 Å². The molecule has 0 aliphatic carbocycles. The molecule has 0 spiro atoms. The second-order valence-corrected chi connectivity index (χ2v) is 4.76. The maximum atomic E-state index is 12.1. The van der Waals surface area contributed by atoms with Crippen LogP contribution >= 0.6 is 0 Å². The quantitative estimate of drug-likeness (QED) is 0.863. The SMILES string of the molecule is Cn1ccc(CNC(=O)[C@@H]2Cc3ccccc3N2)n1. The Morgan fingerprint density at radius 1 is 1.47 bits per heavy atom.